The first kappa shape index (κ1) is 15.3. The molecule has 0 amide bonds. The first-order valence-corrected chi connectivity index (χ1v) is 6.65. The Kier molecular flexibility index (Phi) is 6.94. The van der Waals surface area contributed by atoms with E-state index in [-0.39, 0.29) is 4.75 Å². The summed E-state index contributed by atoms with van der Waals surface area (Å²) in [4.78, 5) is 0. The third-order valence-electron chi connectivity index (χ3n) is 2.67. The van der Waals surface area contributed by atoms with Crippen LogP contribution in [0.25, 0.3) is 0 Å². The second kappa shape index (κ2) is 6.80. The maximum absolute atomic E-state index is 4.52. The molecule has 0 fully saturated rings. The monoisotopic (exact) mass is 231 g/mol. The Labute approximate surface area is 102 Å². The maximum Gasteiger partial charge on any atom is 0.00736 e. The van der Waals surface area contributed by atoms with Crippen molar-refractivity contribution in [3.05, 3.63) is 0 Å². The lowest BCUT2D eigenvalue weighted by Crippen LogP contribution is -2.30. The van der Waals surface area contributed by atoms with Gasteiger partial charge in [0.15, 0.2) is 0 Å². The summed E-state index contributed by atoms with van der Waals surface area (Å²) in [7, 11) is 0. The van der Waals surface area contributed by atoms with Crippen LogP contribution < -0.4 is 5.32 Å². The van der Waals surface area contributed by atoms with Crippen molar-refractivity contribution in [3.8, 4) is 0 Å². The summed E-state index contributed by atoms with van der Waals surface area (Å²) in [5, 5.41) is 3.55. The number of thiol groups is 1. The average molecular weight is 231 g/mol. The normalized spacial score (nSPS) is 13.2. The van der Waals surface area contributed by atoms with Crippen LogP contribution in [0.5, 0.6) is 0 Å². The molecule has 0 spiro atoms. The highest BCUT2D eigenvalue weighted by Gasteiger charge is 2.16. The minimum absolute atomic E-state index is 0.181. The molecule has 92 valence electrons. The molecular formula is C13H29NS. The molecule has 0 atom stereocenters. The molecule has 0 bridgehead atoms. The standard InChI is InChI=1S/C13H29NS/c1-6-8-12(2,3)11-14-10-7-9-13(4,5)15/h14-15H,6-11H2,1-5H3. The molecule has 2 heteroatoms. The van der Waals surface area contributed by atoms with Crippen molar-refractivity contribution in [1.29, 1.82) is 0 Å². The summed E-state index contributed by atoms with van der Waals surface area (Å²) in [5.74, 6) is 0. The third kappa shape index (κ3) is 10.6. The van der Waals surface area contributed by atoms with Crippen molar-refractivity contribution in [1.82, 2.24) is 5.32 Å². The van der Waals surface area contributed by atoms with Crippen LogP contribution in [0.1, 0.15) is 60.3 Å². The largest absolute Gasteiger partial charge is 0.316 e. The average Bonchev–Trinajstić information content (AvgIpc) is 2.00. The van der Waals surface area contributed by atoms with Gasteiger partial charge >= 0.3 is 0 Å². The smallest absolute Gasteiger partial charge is 0.00736 e. The topological polar surface area (TPSA) is 12.0 Å². The molecule has 0 unspecified atom stereocenters. The quantitative estimate of drug-likeness (QED) is 0.477. The highest BCUT2D eigenvalue weighted by molar-refractivity contribution is 7.81. The lowest BCUT2D eigenvalue weighted by atomic mass is 9.88. The van der Waals surface area contributed by atoms with Crippen LogP contribution in [0.4, 0.5) is 0 Å². The Bertz CT molecular complexity index is 158. The summed E-state index contributed by atoms with van der Waals surface area (Å²) in [6, 6.07) is 0. The second-order valence-corrected chi connectivity index (χ2v) is 7.22. The van der Waals surface area contributed by atoms with Crippen molar-refractivity contribution in [2.24, 2.45) is 5.41 Å². The molecule has 0 radical (unpaired) electrons. The molecule has 0 aliphatic rings. The molecule has 0 aromatic rings. The molecule has 0 aromatic heterocycles. The van der Waals surface area contributed by atoms with Gasteiger partial charge in [0.25, 0.3) is 0 Å². The Morgan fingerprint density at radius 1 is 1.07 bits per heavy atom. The molecule has 0 saturated carbocycles. The fourth-order valence-electron chi connectivity index (χ4n) is 1.84. The van der Waals surface area contributed by atoms with E-state index in [2.05, 4.69) is 52.6 Å². The minimum atomic E-state index is 0.181. The molecule has 0 aromatic carbocycles. The SMILES string of the molecule is CCCC(C)(C)CNCCCC(C)(C)S. The van der Waals surface area contributed by atoms with Gasteiger partial charge in [0.1, 0.15) is 0 Å². The van der Waals surface area contributed by atoms with E-state index in [4.69, 9.17) is 0 Å². The molecular weight excluding hydrogens is 202 g/mol. The van der Waals surface area contributed by atoms with Gasteiger partial charge in [0.2, 0.25) is 0 Å². The van der Waals surface area contributed by atoms with Crippen LogP contribution >= 0.6 is 12.6 Å². The summed E-state index contributed by atoms with van der Waals surface area (Å²) >= 11 is 4.52. The van der Waals surface area contributed by atoms with Gasteiger partial charge in [-0.1, -0.05) is 41.0 Å². The molecule has 0 aliphatic carbocycles. The zero-order valence-electron chi connectivity index (χ0n) is 11.2. The molecule has 0 aliphatic heterocycles. The molecule has 15 heavy (non-hydrogen) atoms. The highest BCUT2D eigenvalue weighted by Crippen LogP contribution is 2.21. The van der Waals surface area contributed by atoms with Gasteiger partial charge in [-0.3, -0.25) is 0 Å². The zero-order chi connectivity index (χ0) is 11.9. The molecule has 1 nitrogen and oxygen atoms in total. The zero-order valence-corrected chi connectivity index (χ0v) is 12.1. The van der Waals surface area contributed by atoms with E-state index in [1.807, 2.05) is 0 Å². The van der Waals surface area contributed by atoms with Crippen molar-refractivity contribution < 1.29 is 0 Å². The van der Waals surface area contributed by atoms with Gasteiger partial charge < -0.3 is 5.32 Å². The summed E-state index contributed by atoms with van der Waals surface area (Å²) in [5.41, 5.74) is 0.450. The van der Waals surface area contributed by atoms with E-state index in [1.54, 1.807) is 0 Å². The summed E-state index contributed by atoms with van der Waals surface area (Å²) in [6.07, 6.45) is 4.98. The number of hydrogen-bond donors (Lipinski definition) is 2. The molecule has 0 saturated heterocycles. The molecule has 0 heterocycles. The Hall–Kier alpha value is 0.310. The van der Waals surface area contributed by atoms with Gasteiger partial charge in [0, 0.05) is 11.3 Å². The van der Waals surface area contributed by atoms with Crippen LogP contribution in [-0.4, -0.2) is 17.8 Å². The first-order valence-electron chi connectivity index (χ1n) is 6.20. The van der Waals surface area contributed by atoms with Crippen LogP contribution in [0, 0.1) is 5.41 Å². The fraction of sp³-hybridized carbons (Fsp3) is 1.00. The Balaban J connectivity index is 3.46. The van der Waals surface area contributed by atoms with E-state index in [0.29, 0.717) is 5.41 Å². The predicted octanol–water partition coefficient (Wildman–Crippen LogP) is 3.89. The highest BCUT2D eigenvalue weighted by atomic mass is 32.1. The van der Waals surface area contributed by atoms with Crippen molar-refractivity contribution >= 4 is 12.6 Å². The van der Waals surface area contributed by atoms with Crippen LogP contribution in [0.3, 0.4) is 0 Å². The van der Waals surface area contributed by atoms with Gasteiger partial charge in [-0.15, -0.1) is 0 Å². The van der Waals surface area contributed by atoms with Gasteiger partial charge in [-0.2, -0.15) is 12.6 Å². The fourth-order valence-corrected chi connectivity index (χ4v) is 2.00. The summed E-state index contributed by atoms with van der Waals surface area (Å²) in [6.45, 7) is 13.5. The van der Waals surface area contributed by atoms with Crippen LogP contribution in [-0.2, 0) is 0 Å². The summed E-state index contributed by atoms with van der Waals surface area (Å²) < 4.78 is 0.181. The third-order valence-corrected chi connectivity index (χ3v) is 2.90. The Morgan fingerprint density at radius 3 is 2.13 bits per heavy atom. The molecule has 0 rings (SSSR count). The van der Waals surface area contributed by atoms with Crippen molar-refractivity contribution in [2.75, 3.05) is 13.1 Å². The lowest BCUT2D eigenvalue weighted by molar-refractivity contribution is 0.310. The predicted molar refractivity (Wildman–Crippen MR) is 73.9 cm³/mol. The first-order chi connectivity index (χ1) is 6.77. The van der Waals surface area contributed by atoms with Gasteiger partial charge in [0.05, 0.1) is 0 Å². The van der Waals surface area contributed by atoms with Crippen molar-refractivity contribution in [3.63, 3.8) is 0 Å². The van der Waals surface area contributed by atoms with E-state index < -0.39 is 0 Å². The van der Waals surface area contributed by atoms with E-state index in [0.717, 1.165) is 13.1 Å². The van der Waals surface area contributed by atoms with Crippen LogP contribution in [0.2, 0.25) is 0 Å². The minimum Gasteiger partial charge on any atom is -0.316 e. The van der Waals surface area contributed by atoms with Crippen molar-refractivity contribution in [2.45, 2.75) is 65.0 Å². The molecule has 1 N–H and O–H groups in total. The van der Waals surface area contributed by atoms with Gasteiger partial charge in [-0.25, -0.2) is 0 Å². The second-order valence-electron chi connectivity index (χ2n) is 6.01. The maximum atomic E-state index is 4.52. The number of hydrogen-bond acceptors (Lipinski definition) is 2. The number of rotatable bonds is 8. The number of nitrogens with one attached hydrogen (secondary N) is 1. The van der Waals surface area contributed by atoms with Gasteiger partial charge in [-0.05, 0) is 31.2 Å². The Morgan fingerprint density at radius 2 is 1.67 bits per heavy atom. The van der Waals surface area contributed by atoms with E-state index in [1.165, 1.54) is 25.7 Å². The van der Waals surface area contributed by atoms with E-state index >= 15 is 0 Å². The lowest BCUT2D eigenvalue weighted by Gasteiger charge is -2.25. The van der Waals surface area contributed by atoms with Crippen LogP contribution in [0.15, 0.2) is 0 Å². The van der Waals surface area contributed by atoms with E-state index in [9.17, 15) is 0 Å².